The van der Waals surface area contributed by atoms with E-state index >= 15 is 0 Å². The number of rotatable bonds is 7. The van der Waals surface area contributed by atoms with Gasteiger partial charge in [-0.25, -0.2) is 8.42 Å². The molecule has 2 unspecified atom stereocenters. The lowest BCUT2D eigenvalue weighted by atomic mass is 9.86. The summed E-state index contributed by atoms with van der Waals surface area (Å²) in [6.45, 7) is 6.72. The number of nitrogens with zero attached hydrogens (tertiary/aromatic N) is 1. The fourth-order valence-electron chi connectivity index (χ4n) is 3.40. The van der Waals surface area contributed by atoms with E-state index in [4.69, 9.17) is 0 Å². The Labute approximate surface area is 157 Å². The Balaban J connectivity index is 2.00. The van der Waals surface area contributed by atoms with Gasteiger partial charge in [-0.2, -0.15) is 4.31 Å². The first-order valence-electron chi connectivity index (χ1n) is 9.47. The maximum atomic E-state index is 12.5. The van der Waals surface area contributed by atoms with E-state index in [1.807, 2.05) is 13.8 Å². The molecular weight excluding hydrogens is 348 g/mol. The first-order valence-corrected chi connectivity index (χ1v) is 10.9. The normalized spacial score (nSPS) is 21.2. The molecule has 1 fully saturated rings. The molecule has 1 amide bonds. The summed E-state index contributed by atoms with van der Waals surface area (Å²) in [6, 6.07) is 6.89. The second-order valence-corrected chi connectivity index (χ2v) is 8.81. The highest BCUT2D eigenvalue weighted by atomic mass is 32.2. The summed E-state index contributed by atoms with van der Waals surface area (Å²) in [6.07, 6.45) is 7.86. The average Bonchev–Trinajstić information content (AvgIpc) is 2.63. The molecule has 144 valence electrons. The number of carbonyl (C=O) groups is 1. The zero-order chi connectivity index (χ0) is 19.2. The molecule has 1 aliphatic carbocycles. The van der Waals surface area contributed by atoms with Crippen LogP contribution in [0.25, 0.3) is 6.08 Å². The lowest BCUT2D eigenvalue weighted by molar-refractivity contribution is -0.117. The van der Waals surface area contributed by atoms with Gasteiger partial charge in [-0.3, -0.25) is 4.79 Å². The number of nitrogens with one attached hydrogen (secondary N) is 1. The second kappa shape index (κ2) is 9.33. The van der Waals surface area contributed by atoms with Crippen LogP contribution < -0.4 is 5.32 Å². The molecule has 1 aromatic rings. The van der Waals surface area contributed by atoms with Gasteiger partial charge in [-0.15, -0.1) is 0 Å². The minimum atomic E-state index is -3.44. The maximum Gasteiger partial charge on any atom is 0.244 e. The van der Waals surface area contributed by atoms with E-state index in [0.717, 1.165) is 18.4 Å². The van der Waals surface area contributed by atoms with E-state index in [1.54, 1.807) is 30.3 Å². The molecule has 6 heteroatoms. The van der Waals surface area contributed by atoms with E-state index in [-0.39, 0.29) is 16.8 Å². The zero-order valence-corrected chi connectivity index (χ0v) is 16.8. The van der Waals surface area contributed by atoms with Crippen LogP contribution in [0.4, 0.5) is 0 Å². The van der Waals surface area contributed by atoms with Crippen molar-refractivity contribution in [2.45, 2.75) is 57.4 Å². The Morgan fingerprint density at radius 1 is 1.15 bits per heavy atom. The predicted octanol–water partition coefficient (Wildman–Crippen LogP) is 3.43. The molecule has 0 heterocycles. The van der Waals surface area contributed by atoms with Crippen LogP contribution in [0, 0.1) is 5.92 Å². The minimum Gasteiger partial charge on any atom is -0.350 e. The van der Waals surface area contributed by atoms with E-state index in [9.17, 15) is 13.2 Å². The lowest BCUT2D eigenvalue weighted by Crippen LogP contribution is -2.40. The average molecular weight is 379 g/mol. The predicted molar refractivity (Wildman–Crippen MR) is 105 cm³/mol. The number of sulfonamides is 1. The Kier molecular flexibility index (Phi) is 7.41. The number of amides is 1. The number of hydrogen-bond acceptors (Lipinski definition) is 3. The van der Waals surface area contributed by atoms with Crippen LogP contribution in [0.2, 0.25) is 0 Å². The largest absolute Gasteiger partial charge is 0.350 e. The third-order valence-electron chi connectivity index (χ3n) is 5.09. The highest BCUT2D eigenvalue weighted by molar-refractivity contribution is 7.89. The molecule has 1 aromatic carbocycles. The summed E-state index contributed by atoms with van der Waals surface area (Å²) in [5, 5.41) is 3.08. The van der Waals surface area contributed by atoms with Crippen molar-refractivity contribution in [2.24, 2.45) is 5.92 Å². The molecule has 0 bridgehead atoms. The smallest absolute Gasteiger partial charge is 0.244 e. The molecule has 0 saturated heterocycles. The summed E-state index contributed by atoms with van der Waals surface area (Å²) in [7, 11) is -3.44. The number of benzene rings is 1. The van der Waals surface area contributed by atoms with Crippen LogP contribution in [0.5, 0.6) is 0 Å². The van der Waals surface area contributed by atoms with E-state index in [1.165, 1.54) is 23.2 Å². The quantitative estimate of drug-likeness (QED) is 0.739. The number of carbonyl (C=O) groups excluding carboxylic acids is 1. The molecule has 26 heavy (non-hydrogen) atoms. The molecule has 0 spiro atoms. The van der Waals surface area contributed by atoms with E-state index < -0.39 is 10.0 Å². The van der Waals surface area contributed by atoms with Crippen LogP contribution in [0.15, 0.2) is 35.2 Å². The van der Waals surface area contributed by atoms with Gasteiger partial charge in [0, 0.05) is 25.2 Å². The minimum absolute atomic E-state index is 0.0939. The molecule has 1 aliphatic rings. The Bertz CT molecular complexity index is 722. The van der Waals surface area contributed by atoms with Crippen molar-refractivity contribution in [1.29, 1.82) is 0 Å². The fraction of sp³-hybridized carbons (Fsp3) is 0.550. The van der Waals surface area contributed by atoms with Crippen molar-refractivity contribution in [1.82, 2.24) is 9.62 Å². The Morgan fingerprint density at radius 3 is 2.35 bits per heavy atom. The van der Waals surface area contributed by atoms with Gasteiger partial charge in [0.05, 0.1) is 4.90 Å². The van der Waals surface area contributed by atoms with Crippen molar-refractivity contribution in [3.8, 4) is 0 Å². The van der Waals surface area contributed by atoms with Gasteiger partial charge in [0.1, 0.15) is 0 Å². The van der Waals surface area contributed by atoms with E-state index in [0.29, 0.717) is 19.0 Å². The number of hydrogen-bond donors (Lipinski definition) is 1. The molecule has 0 radical (unpaired) electrons. The van der Waals surface area contributed by atoms with Crippen LogP contribution in [0.1, 0.15) is 52.0 Å². The van der Waals surface area contributed by atoms with Crippen molar-refractivity contribution >= 4 is 22.0 Å². The third kappa shape index (κ3) is 5.17. The van der Waals surface area contributed by atoms with Crippen LogP contribution in [0.3, 0.4) is 0 Å². The lowest BCUT2D eigenvalue weighted by Gasteiger charge is -2.29. The first kappa shape index (κ1) is 20.6. The molecule has 2 atom stereocenters. The monoisotopic (exact) mass is 378 g/mol. The third-order valence-corrected chi connectivity index (χ3v) is 7.15. The van der Waals surface area contributed by atoms with Crippen molar-refractivity contribution in [3.05, 3.63) is 35.9 Å². The highest BCUT2D eigenvalue weighted by Gasteiger charge is 2.22. The van der Waals surface area contributed by atoms with Crippen molar-refractivity contribution < 1.29 is 13.2 Å². The van der Waals surface area contributed by atoms with Gasteiger partial charge in [-0.05, 0) is 42.5 Å². The summed E-state index contributed by atoms with van der Waals surface area (Å²) in [4.78, 5) is 12.4. The van der Waals surface area contributed by atoms with Gasteiger partial charge in [0.15, 0.2) is 0 Å². The SMILES string of the molecule is CCN(CC)S(=O)(=O)c1ccc(/C=C/C(=O)NC2CCCCC2C)cc1. The Hall–Kier alpha value is -1.66. The van der Waals surface area contributed by atoms with Gasteiger partial charge in [0.25, 0.3) is 0 Å². The van der Waals surface area contributed by atoms with Crippen LogP contribution >= 0.6 is 0 Å². The van der Waals surface area contributed by atoms with Gasteiger partial charge >= 0.3 is 0 Å². The zero-order valence-electron chi connectivity index (χ0n) is 15.9. The molecule has 0 aliphatic heterocycles. The van der Waals surface area contributed by atoms with E-state index in [2.05, 4.69) is 12.2 Å². The second-order valence-electron chi connectivity index (χ2n) is 6.87. The highest BCUT2D eigenvalue weighted by Crippen LogP contribution is 2.23. The summed E-state index contributed by atoms with van der Waals surface area (Å²) in [5.41, 5.74) is 0.801. The van der Waals surface area contributed by atoms with Gasteiger partial charge in [-0.1, -0.05) is 45.7 Å². The molecule has 1 saturated carbocycles. The molecule has 0 aromatic heterocycles. The molecule has 5 nitrogen and oxygen atoms in total. The molecular formula is C20H30N2O3S. The fourth-order valence-corrected chi connectivity index (χ4v) is 4.85. The summed E-state index contributed by atoms with van der Waals surface area (Å²) < 4.78 is 26.4. The standard InChI is InChI=1S/C20H30N2O3S/c1-4-22(5-2)26(24,25)18-13-10-17(11-14-18)12-15-20(23)21-19-9-7-6-8-16(19)3/h10-16,19H,4-9H2,1-3H3,(H,21,23)/b15-12+. The first-order chi connectivity index (χ1) is 12.4. The molecule has 2 rings (SSSR count). The molecule has 1 N–H and O–H groups in total. The van der Waals surface area contributed by atoms with Gasteiger partial charge in [0.2, 0.25) is 15.9 Å². The maximum absolute atomic E-state index is 12.5. The summed E-state index contributed by atoms with van der Waals surface area (Å²) in [5.74, 6) is 0.425. The van der Waals surface area contributed by atoms with Crippen molar-refractivity contribution in [2.75, 3.05) is 13.1 Å². The van der Waals surface area contributed by atoms with Gasteiger partial charge < -0.3 is 5.32 Å². The van der Waals surface area contributed by atoms with Crippen LogP contribution in [-0.4, -0.2) is 37.8 Å². The summed E-state index contributed by atoms with van der Waals surface area (Å²) >= 11 is 0. The van der Waals surface area contributed by atoms with Crippen molar-refractivity contribution in [3.63, 3.8) is 0 Å². The topological polar surface area (TPSA) is 66.5 Å². The Morgan fingerprint density at radius 2 is 1.77 bits per heavy atom. The van der Waals surface area contributed by atoms with Crippen LogP contribution in [-0.2, 0) is 14.8 Å².